The van der Waals surface area contributed by atoms with Crippen LogP contribution in [0.5, 0.6) is 11.5 Å². The Balaban J connectivity index is 1.18. The molecule has 8 heteroatoms. The molecule has 2 aliphatic rings. The number of nitrogens with zero attached hydrogens (tertiary/aromatic N) is 5. The van der Waals surface area contributed by atoms with Crippen LogP contribution in [0.1, 0.15) is 5.56 Å². The highest BCUT2D eigenvalue weighted by Crippen LogP contribution is 2.32. The van der Waals surface area contributed by atoms with Gasteiger partial charge in [-0.3, -0.25) is 14.4 Å². The summed E-state index contributed by atoms with van der Waals surface area (Å²) in [7, 11) is 0. The van der Waals surface area contributed by atoms with Crippen molar-refractivity contribution in [2.24, 2.45) is 0 Å². The zero-order valence-corrected chi connectivity index (χ0v) is 16.9. The van der Waals surface area contributed by atoms with E-state index in [1.54, 1.807) is 6.33 Å². The summed E-state index contributed by atoms with van der Waals surface area (Å²) in [5.74, 6) is 1.69. The molecule has 0 saturated carbocycles. The molecule has 0 aliphatic carbocycles. The number of ether oxygens (including phenoxy) is 2. The van der Waals surface area contributed by atoms with Crippen LogP contribution in [0.2, 0.25) is 0 Å². The first kappa shape index (κ1) is 18.4. The molecule has 3 heterocycles. The van der Waals surface area contributed by atoms with Crippen LogP contribution >= 0.6 is 12.2 Å². The fourth-order valence-electron chi connectivity index (χ4n) is 3.78. The molecule has 0 atom stereocenters. The third-order valence-corrected chi connectivity index (χ3v) is 5.82. The van der Waals surface area contributed by atoms with E-state index in [0.29, 0.717) is 6.79 Å². The maximum atomic E-state index is 5.63. The normalized spacial score (nSPS) is 17.0. The highest BCUT2D eigenvalue weighted by atomic mass is 32.1. The number of benzene rings is 2. The van der Waals surface area contributed by atoms with Crippen LogP contribution in [0, 0.1) is 4.77 Å². The third-order valence-electron chi connectivity index (χ3n) is 5.41. The third kappa shape index (κ3) is 3.91. The minimum atomic E-state index is 0.319. The summed E-state index contributed by atoms with van der Waals surface area (Å²) < 4.78 is 15.4. The van der Waals surface area contributed by atoms with Crippen molar-refractivity contribution >= 4 is 12.2 Å². The van der Waals surface area contributed by atoms with Crippen molar-refractivity contribution in [1.82, 2.24) is 24.1 Å². The molecule has 1 fully saturated rings. The SMILES string of the molecule is S=c1n(-c2ccccc2)cnn1CN1CCN(Cc2ccc3c(c2)OCO3)CC1. The van der Waals surface area contributed by atoms with E-state index in [9.17, 15) is 0 Å². The Morgan fingerprint density at radius 2 is 1.66 bits per heavy atom. The van der Waals surface area contributed by atoms with Crippen molar-refractivity contribution in [3.63, 3.8) is 0 Å². The fourth-order valence-corrected chi connectivity index (χ4v) is 4.03. The molecule has 2 aliphatic heterocycles. The Bertz CT molecular complexity index is 1040. The Kier molecular flexibility index (Phi) is 5.05. The molecule has 0 N–H and O–H groups in total. The first-order valence-electron chi connectivity index (χ1n) is 9.79. The molecule has 1 aromatic heterocycles. The van der Waals surface area contributed by atoms with Crippen LogP contribution in [0.25, 0.3) is 5.69 Å². The lowest BCUT2D eigenvalue weighted by atomic mass is 10.1. The summed E-state index contributed by atoms with van der Waals surface area (Å²) in [5, 5.41) is 4.50. The number of hydrogen-bond donors (Lipinski definition) is 0. The number of para-hydroxylation sites is 1. The molecule has 0 amide bonds. The maximum Gasteiger partial charge on any atom is 0.231 e. The molecule has 150 valence electrons. The molecule has 0 unspecified atom stereocenters. The molecule has 0 spiro atoms. The predicted octanol–water partition coefficient (Wildman–Crippen LogP) is 2.91. The summed E-state index contributed by atoms with van der Waals surface area (Å²) in [6.45, 7) is 5.97. The Morgan fingerprint density at radius 3 is 2.48 bits per heavy atom. The van der Waals surface area contributed by atoms with Crippen LogP contribution in [0.4, 0.5) is 0 Å². The van der Waals surface area contributed by atoms with Gasteiger partial charge >= 0.3 is 0 Å². The van der Waals surface area contributed by atoms with Gasteiger partial charge in [0.25, 0.3) is 0 Å². The van der Waals surface area contributed by atoms with E-state index in [1.807, 2.05) is 45.6 Å². The Morgan fingerprint density at radius 1 is 0.897 bits per heavy atom. The van der Waals surface area contributed by atoms with Crippen molar-refractivity contribution in [1.29, 1.82) is 0 Å². The maximum absolute atomic E-state index is 5.63. The van der Waals surface area contributed by atoms with Gasteiger partial charge in [0, 0.05) is 38.4 Å². The quantitative estimate of drug-likeness (QED) is 0.604. The molecule has 3 aromatic rings. The molecular weight excluding hydrogens is 386 g/mol. The van der Waals surface area contributed by atoms with Crippen LogP contribution < -0.4 is 9.47 Å². The van der Waals surface area contributed by atoms with E-state index in [0.717, 1.165) is 61.3 Å². The van der Waals surface area contributed by atoms with Gasteiger partial charge in [-0.15, -0.1) is 0 Å². The van der Waals surface area contributed by atoms with Gasteiger partial charge in [-0.05, 0) is 42.0 Å². The van der Waals surface area contributed by atoms with Gasteiger partial charge in [0.05, 0.1) is 6.67 Å². The first-order chi connectivity index (χ1) is 14.3. The summed E-state index contributed by atoms with van der Waals surface area (Å²) >= 11 is 5.63. The van der Waals surface area contributed by atoms with E-state index in [2.05, 4.69) is 27.0 Å². The van der Waals surface area contributed by atoms with Crippen molar-refractivity contribution in [3.05, 3.63) is 65.2 Å². The van der Waals surface area contributed by atoms with Crippen molar-refractivity contribution in [2.75, 3.05) is 33.0 Å². The molecule has 5 rings (SSSR count). The lowest BCUT2D eigenvalue weighted by molar-refractivity contribution is 0.0980. The first-order valence-corrected chi connectivity index (χ1v) is 10.2. The topological polar surface area (TPSA) is 47.7 Å². The second-order valence-electron chi connectivity index (χ2n) is 7.34. The Hall–Kier alpha value is -2.68. The minimum Gasteiger partial charge on any atom is -0.454 e. The average Bonchev–Trinajstić information content (AvgIpc) is 3.37. The van der Waals surface area contributed by atoms with E-state index >= 15 is 0 Å². The van der Waals surface area contributed by atoms with E-state index in [4.69, 9.17) is 21.7 Å². The second kappa shape index (κ2) is 7.98. The average molecular weight is 410 g/mol. The van der Waals surface area contributed by atoms with E-state index in [-0.39, 0.29) is 0 Å². The number of piperazine rings is 1. The van der Waals surface area contributed by atoms with Gasteiger partial charge < -0.3 is 9.47 Å². The van der Waals surface area contributed by atoms with Crippen LogP contribution in [-0.2, 0) is 13.2 Å². The zero-order chi connectivity index (χ0) is 19.6. The second-order valence-corrected chi connectivity index (χ2v) is 7.71. The molecule has 2 aromatic carbocycles. The lowest BCUT2D eigenvalue weighted by Crippen LogP contribution is -2.46. The molecule has 1 saturated heterocycles. The molecule has 7 nitrogen and oxygen atoms in total. The fraction of sp³-hybridized carbons (Fsp3) is 0.333. The van der Waals surface area contributed by atoms with E-state index < -0.39 is 0 Å². The molecule has 0 bridgehead atoms. The summed E-state index contributed by atoms with van der Waals surface area (Å²) in [6.07, 6.45) is 1.80. The van der Waals surface area contributed by atoms with E-state index in [1.165, 1.54) is 5.56 Å². The summed E-state index contributed by atoms with van der Waals surface area (Å²) in [5.41, 5.74) is 2.30. The van der Waals surface area contributed by atoms with Gasteiger partial charge in [-0.2, -0.15) is 5.10 Å². The van der Waals surface area contributed by atoms with Crippen LogP contribution in [0.3, 0.4) is 0 Å². The smallest absolute Gasteiger partial charge is 0.231 e. The van der Waals surface area contributed by atoms with Crippen LogP contribution in [0.15, 0.2) is 54.9 Å². The minimum absolute atomic E-state index is 0.319. The molecule has 0 radical (unpaired) electrons. The number of rotatable bonds is 5. The predicted molar refractivity (Wildman–Crippen MR) is 112 cm³/mol. The van der Waals surface area contributed by atoms with Crippen molar-refractivity contribution in [3.8, 4) is 17.2 Å². The van der Waals surface area contributed by atoms with Crippen molar-refractivity contribution < 1.29 is 9.47 Å². The summed E-state index contributed by atoms with van der Waals surface area (Å²) in [6, 6.07) is 16.3. The Labute approximate surface area is 174 Å². The number of hydrogen-bond acceptors (Lipinski definition) is 6. The number of aromatic nitrogens is 3. The summed E-state index contributed by atoms with van der Waals surface area (Å²) in [4.78, 5) is 4.87. The van der Waals surface area contributed by atoms with Gasteiger partial charge in [-0.1, -0.05) is 24.3 Å². The van der Waals surface area contributed by atoms with Crippen LogP contribution in [-0.4, -0.2) is 57.1 Å². The molecule has 29 heavy (non-hydrogen) atoms. The highest BCUT2D eigenvalue weighted by Gasteiger charge is 2.19. The largest absolute Gasteiger partial charge is 0.454 e. The molecular formula is C21H23N5O2S. The number of fused-ring (bicyclic) bond motifs is 1. The van der Waals surface area contributed by atoms with Gasteiger partial charge in [0.15, 0.2) is 11.5 Å². The van der Waals surface area contributed by atoms with Crippen molar-refractivity contribution in [2.45, 2.75) is 13.2 Å². The zero-order valence-electron chi connectivity index (χ0n) is 16.1. The van der Waals surface area contributed by atoms with Gasteiger partial charge in [0.2, 0.25) is 11.6 Å². The standard InChI is InChI=1S/C21H23N5O2S/c29-21-25(18-4-2-1-3-5-18)14-22-26(21)15-24-10-8-23(9-11-24)13-17-6-7-19-20(12-17)28-16-27-19/h1-7,12,14H,8-11,13,15-16H2. The van der Waals surface area contributed by atoms with Gasteiger partial charge in [-0.25, -0.2) is 4.68 Å². The lowest BCUT2D eigenvalue weighted by Gasteiger charge is -2.34. The van der Waals surface area contributed by atoms with Gasteiger partial charge in [0.1, 0.15) is 6.33 Å². The highest BCUT2D eigenvalue weighted by molar-refractivity contribution is 7.71. The monoisotopic (exact) mass is 409 g/mol.